The fraction of sp³-hybridized carbons (Fsp3) is 0.314. The van der Waals surface area contributed by atoms with Gasteiger partial charge in [-0.3, -0.25) is 29.0 Å². The van der Waals surface area contributed by atoms with Gasteiger partial charge >= 0.3 is 0 Å². The summed E-state index contributed by atoms with van der Waals surface area (Å²) in [5.74, 6) is -5.63. The number of phenols is 1. The molecule has 3 fully saturated rings. The van der Waals surface area contributed by atoms with E-state index in [4.69, 9.17) is 32.7 Å². The SMILES string of the molecule is COc1cc([C@H]2C3=CC[C@@H]4C(=O)N(c5ccc(Nc6ccccc6)cc5)C(=O)[C@@H]4[C@@H]3C[C@@]3(Cl)C(=O)N(CBr)C(=O)[C@@]23Cl)cc(OC)c1O. The number of carbonyl (C=O) groups excluding carboxylic acids is 4. The molecular formula is C35H30BrCl2N3O7. The maximum Gasteiger partial charge on any atom is 0.254 e. The molecule has 2 heterocycles. The number of anilines is 3. The third-order valence-corrected chi connectivity index (χ3v) is 12.0. The smallest absolute Gasteiger partial charge is 0.254 e. The first-order valence-corrected chi connectivity index (χ1v) is 17.1. The Labute approximate surface area is 294 Å². The van der Waals surface area contributed by atoms with E-state index in [1.807, 2.05) is 36.4 Å². The van der Waals surface area contributed by atoms with Crippen LogP contribution < -0.4 is 19.7 Å². The summed E-state index contributed by atoms with van der Waals surface area (Å²) < 4.78 is 10.8. The first kappa shape index (κ1) is 32.5. The Hall–Kier alpha value is -4.06. The molecule has 1 saturated carbocycles. The predicted molar refractivity (Wildman–Crippen MR) is 183 cm³/mol. The lowest BCUT2D eigenvalue weighted by molar-refractivity contribution is -0.138. The summed E-state index contributed by atoms with van der Waals surface area (Å²) in [6.07, 6.45) is 1.91. The number of allylic oxidation sites excluding steroid dienone is 2. The molecule has 7 rings (SSSR count). The van der Waals surface area contributed by atoms with Gasteiger partial charge in [0, 0.05) is 17.3 Å². The fourth-order valence-corrected chi connectivity index (χ4v) is 9.27. The number of rotatable bonds is 7. The Morgan fingerprint density at radius 1 is 0.896 bits per heavy atom. The van der Waals surface area contributed by atoms with Gasteiger partial charge < -0.3 is 19.9 Å². The quantitative estimate of drug-likeness (QED) is 0.129. The number of ether oxygens (including phenoxy) is 2. The van der Waals surface area contributed by atoms with Gasteiger partial charge in [-0.25, -0.2) is 0 Å². The van der Waals surface area contributed by atoms with Crippen LogP contribution in [0.1, 0.15) is 24.3 Å². The van der Waals surface area contributed by atoms with Gasteiger partial charge in [0.15, 0.2) is 21.2 Å². The first-order chi connectivity index (χ1) is 23.0. The van der Waals surface area contributed by atoms with Gasteiger partial charge in [0.25, 0.3) is 11.8 Å². The third-order valence-electron chi connectivity index (χ3n) is 10.0. The molecule has 6 atom stereocenters. The number of hydrogen-bond acceptors (Lipinski definition) is 8. The van der Waals surface area contributed by atoms with Gasteiger partial charge in [0.1, 0.15) is 0 Å². The summed E-state index contributed by atoms with van der Waals surface area (Å²) in [7, 11) is 2.74. The highest BCUT2D eigenvalue weighted by Crippen LogP contribution is 2.66. The molecule has 2 saturated heterocycles. The largest absolute Gasteiger partial charge is 0.502 e. The van der Waals surface area contributed by atoms with Crippen LogP contribution in [0.15, 0.2) is 78.4 Å². The maximum atomic E-state index is 14.4. The molecule has 0 aromatic heterocycles. The van der Waals surface area contributed by atoms with Crippen LogP contribution in [0.4, 0.5) is 17.1 Å². The molecule has 4 aliphatic rings. The minimum Gasteiger partial charge on any atom is -0.502 e. The van der Waals surface area contributed by atoms with E-state index in [0.717, 1.165) is 16.3 Å². The van der Waals surface area contributed by atoms with E-state index in [-0.39, 0.29) is 41.5 Å². The molecule has 3 aromatic rings. The number of phenolic OH excluding ortho intramolecular Hbond substituents is 1. The predicted octanol–water partition coefficient (Wildman–Crippen LogP) is 6.07. The highest BCUT2D eigenvalue weighted by atomic mass is 79.9. The minimum atomic E-state index is -2.01. The number of benzene rings is 3. The van der Waals surface area contributed by atoms with Crippen LogP contribution in [-0.2, 0) is 19.2 Å². The van der Waals surface area contributed by atoms with Crippen LogP contribution >= 0.6 is 39.1 Å². The molecule has 248 valence electrons. The number of nitrogens with one attached hydrogen (secondary N) is 1. The Balaban J connectivity index is 1.31. The molecule has 2 N–H and O–H groups in total. The van der Waals surface area contributed by atoms with Crippen LogP contribution in [-0.4, -0.2) is 63.1 Å². The zero-order chi connectivity index (χ0) is 34.1. The lowest BCUT2D eigenvalue weighted by atomic mass is 9.56. The van der Waals surface area contributed by atoms with E-state index in [9.17, 15) is 24.3 Å². The normalized spacial score (nSPS) is 29.3. The minimum absolute atomic E-state index is 0.0545. The molecule has 10 nitrogen and oxygen atoms in total. The number of nitrogens with zero attached hydrogens (tertiary/aromatic N) is 2. The Bertz CT molecular complexity index is 1870. The Morgan fingerprint density at radius 3 is 2.12 bits per heavy atom. The number of alkyl halides is 3. The summed E-state index contributed by atoms with van der Waals surface area (Å²) in [6.45, 7) is 0. The molecule has 0 radical (unpaired) electrons. The first-order valence-electron chi connectivity index (χ1n) is 15.2. The molecule has 0 unspecified atom stereocenters. The zero-order valence-corrected chi connectivity index (χ0v) is 28.9. The summed E-state index contributed by atoms with van der Waals surface area (Å²) in [5.41, 5.74) is 2.96. The number of methoxy groups -OCH3 is 2. The third kappa shape index (κ3) is 4.50. The van der Waals surface area contributed by atoms with Gasteiger partial charge in [-0.05, 0) is 72.9 Å². The number of likely N-dealkylation sites (tertiary alicyclic amines) is 1. The Morgan fingerprint density at radius 2 is 1.52 bits per heavy atom. The van der Waals surface area contributed by atoms with Crippen molar-refractivity contribution in [2.75, 3.05) is 29.9 Å². The molecule has 0 bridgehead atoms. The summed E-state index contributed by atoms with van der Waals surface area (Å²) >= 11 is 17.9. The average molecular weight is 755 g/mol. The van der Waals surface area contributed by atoms with Gasteiger partial charge in [0.05, 0.1) is 37.2 Å². The van der Waals surface area contributed by atoms with Crippen molar-refractivity contribution < 1.29 is 33.8 Å². The molecule has 2 aliphatic carbocycles. The van der Waals surface area contributed by atoms with E-state index in [0.29, 0.717) is 16.8 Å². The highest BCUT2D eigenvalue weighted by molar-refractivity contribution is 9.09. The van der Waals surface area contributed by atoms with Crippen molar-refractivity contribution in [1.29, 1.82) is 0 Å². The number of fused-ring (bicyclic) bond motifs is 4. The van der Waals surface area contributed by atoms with Gasteiger partial charge in [-0.1, -0.05) is 45.8 Å². The molecule has 4 amide bonds. The number of para-hydroxylation sites is 1. The van der Waals surface area contributed by atoms with Gasteiger partial charge in [-0.15, -0.1) is 23.2 Å². The van der Waals surface area contributed by atoms with E-state index in [1.165, 1.54) is 31.3 Å². The second kappa shape index (κ2) is 11.8. The van der Waals surface area contributed by atoms with Crippen molar-refractivity contribution in [3.05, 3.63) is 83.9 Å². The summed E-state index contributed by atoms with van der Waals surface area (Å²) in [5, 5.41) is 14.0. The lowest BCUT2D eigenvalue weighted by Crippen LogP contribution is -2.60. The Kier molecular flexibility index (Phi) is 8.00. The number of halogens is 3. The van der Waals surface area contributed by atoms with Crippen molar-refractivity contribution in [1.82, 2.24) is 4.90 Å². The van der Waals surface area contributed by atoms with Crippen LogP contribution in [0, 0.1) is 17.8 Å². The topological polar surface area (TPSA) is 125 Å². The van der Waals surface area contributed by atoms with E-state index >= 15 is 0 Å². The summed E-state index contributed by atoms with van der Waals surface area (Å²) in [6, 6.07) is 19.7. The monoisotopic (exact) mass is 753 g/mol. The fourth-order valence-electron chi connectivity index (χ4n) is 7.84. The van der Waals surface area contributed by atoms with E-state index in [2.05, 4.69) is 21.2 Å². The highest BCUT2D eigenvalue weighted by Gasteiger charge is 2.76. The second-order valence-corrected chi connectivity index (χ2v) is 14.1. The number of aromatic hydroxyl groups is 1. The molecule has 0 spiro atoms. The van der Waals surface area contributed by atoms with Gasteiger partial charge in [0.2, 0.25) is 17.6 Å². The van der Waals surface area contributed by atoms with Crippen molar-refractivity contribution in [2.45, 2.75) is 28.5 Å². The van der Waals surface area contributed by atoms with Crippen molar-refractivity contribution in [2.24, 2.45) is 17.8 Å². The average Bonchev–Trinajstić information content (AvgIpc) is 3.43. The number of hydrogen-bond donors (Lipinski definition) is 2. The van der Waals surface area contributed by atoms with Crippen molar-refractivity contribution in [3.63, 3.8) is 0 Å². The van der Waals surface area contributed by atoms with Crippen LogP contribution in [0.25, 0.3) is 0 Å². The van der Waals surface area contributed by atoms with Crippen LogP contribution in [0.2, 0.25) is 0 Å². The summed E-state index contributed by atoms with van der Waals surface area (Å²) in [4.78, 5) is 54.5. The van der Waals surface area contributed by atoms with E-state index < -0.39 is 51.1 Å². The second-order valence-electron chi connectivity index (χ2n) is 12.3. The van der Waals surface area contributed by atoms with Crippen molar-refractivity contribution >= 4 is 79.8 Å². The molecule has 48 heavy (non-hydrogen) atoms. The number of amides is 4. The standard InChI is InChI=1S/C35H30BrCl2N3O7/c1-47-25-14-18(15-26(48-2)29(25)42)28-22-12-13-23-27(24(22)16-34(37)32(45)40(17-36)33(46)35(28,34)38)31(44)41(30(23)43)21-10-8-20(9-11-21)39-19-6-4-3-5-7-19/h3-12,14-15,23-24,27-28,39,42H,13,16-17H2,1-2H3/t23-,24+,27-,28-,34+,35-/m0/s1. The molecule has 3 aromatic carbocycles. The zero-order valence-electron chi connectivity index (χ0n) is 25.8. The van der Waals surface area contributed by atoms with E-state index in [1.54, 1.807) is 24.3 Å². The lowest BCUT2D eigenvalue weighted by Gasteiger charge is -2.50. The van der Waals surface area contributed by atoms with Gasteiger partial charge in [-0.2, -0.15) is 0 Å². The molecule has 2 aliphatic heterocycles. The van der Waals surface area contributed by atoms with Crippen molar-refractivity contribution in [3.8, 4) is 17.2 Å². The number of carbonyl (C=O) groups is 4. The van der Waals surface area contributed by atoms with Crippen LogP contribution in [0.5, 0.6) is 17.2 Å². The number of imide groups is 2. The maximum absolute atomic E-state index is 14.4. The molecule has 13 heteroatoms. The molecular weight excluding hydrogens is 725 g/mol. The van der Waals surface area contributed by atoms with Crippen LogP contribution in [0.3, 0.4) is 0 Å².